The highest BCUT2D eigenvalue weighted by Gasteiger charge is 2.25. The summed E-state index contributed by atoms with van der Waals surface area (Å²) >= 11 is 0. The first-order valence-corrected chi connectivity index (χ1v) is 9.50. The molecule has 1 atom stereocenters. The molecule has 0 radical (unpaired) electrons. The maximum Gasteiger partial charge on any atom is 0.322 e. The van der Waals surface area contributed by atoms with Gasteiger partial charge in [-0.25, -0.2) is 9.18 Å². The highest BCUT2D eigenvalue weighted by Crippen LogP contribution is 2.27. The Hall–Kier alpha value is -2.88. The summed E-state index contributed by atoms with van der Waals surface area (Å²) in [5.74, 6) is -0.505. The van der Waals surface area contributed by atoms with Crippen molar-refractivity contribution in [1.82, 2.24) is 15.5 Å². The number of benzene rings is 1. The fourth-order valence-corrected chi connectivity index (χ4v) is 3.19. The number of amides is 3. The van der Waals surface area contributed by atoms with Gasteiger partial charge in [0, 0.05) is 18.3 Å². The van der Waals surface area contributed by atoms with Crippen LogP contribution in [0.15, 0.2) is 24.4 Å². The van der Waals surface area contributed by atoms with Crippen LogP contribution in [0, 0.1) is 30.0 Å². The molecule has 6 nitrogen and oxygen atoms in total. The van der Waals surface area contributed by atoms with Gasteiger partial charge in [-0.3, -0.25) is 4.79 Å². The van der Waals surface area contributed by atoms with Crippen molar-refractivity contribution in [2.75, 3.05) is 13.1 Å². The Balaban J connectivity index is 2.15. The number of nitriles is 1. The molecule has 0 saturated heterocycles. The molecular weight excluding hydrogens is 359 g/mol. The van der Waals surface area contributed by atoms with E-state index in [9.17, 15) is 14.0 Å². The minimum atomic E-state index is -0.727. The number of carbonyl (C=O) groups excluding carboxylic acids is 2. The molecule has 1 aliphatic rings. The first-order chi connectivity index (χ1) is 13.3. The van der Waals surface area contributed by atoms with Crippen LogP contribution in [-0.4, -0.2) is 36.0 Å². The predicted octanol–water partition coefficient (Wildman–Crippen LogP) is 3.33. The number of aryl methyl sites for hydroxylation is 1. The molecule has 1 aromatic carbocycles. The van der Waals surface area contributed by atoms with Crippen molar-refractivity contribution in [1.29, 1.82) is 5.26 Å². The van der Waals surface area contributed by atoms with Crippen molar-refractivity contribution in [3.8, 4) is 6.07 Å². The van der Waals surface area contributed by atoms with Crippen LogP contribution >= 0.6 is 0 Å². The Morgan fingerprint density at radius 2 is 2.11 bits per heavy atom. The molecule has 2 rings (SSSR count). The maximum absolute atomic E-state index is 14.2. The molecule has 3 amide bonds. The van der Waals surface area contributed by atoms with Crippen molar-refractivity contribution >= 4 is 17.5 Å². The molecule has 1 aromatic rings. The van der Waals surface area contributed by atoms with Gasteiger partial charge < -0.3 is 15.5 Å². The van der Waals surface area contributed by atoms with Crippen LogP contribution in [0.2, 0.25) is 0 Å². The Kier molecular flexibility index (Phi) is 7.56. The average Bonchev–Trinajstić information content (AvgIpc) is 2.67. The number of urea groups is 1. The second kappa shape index (κ2) is 9.88. The van der Waals surface area contributed by atoms with Crippen molar-refractivity contribution in [2.24, 2.45) is 5.92 Å². The van der Waals surface area contributed by atoms with E-state index in [0.29, 0.717) is 31.4 Å². The summed E-state index contributed by atoms with van der Waals surface area (Å²) in [7, 11) is 0. The maximum atomic E-state index is 14.2. The van der Waals surface area contributed by atoms with Gasteiger partial charge in [-0.05, 0) is 49.8 Å². The average molecular weight is 386 g/mol. The fraction of sp³-hybridized carbons (Fsp3) is 0.476. The van der Waals surface area contributed by atoms with E-state index in [1.165, 1.54) is 11.0 Å². The highest BCUT2D eigenvalue weighted by atomic mass is 19.1. The second-order valence-electron chi connectivity index (χ2n) is 7.44. The number of nitrogens with zero attached hydrogens (tertiary/aromatic N) is 2. The summed E-state index contributed by atoms with van der Waals surface area (Å²) in [6.07, 6.45) is 3.51. The second-order valence-corrected chi connectivity index (χ2v) is 7.44. The number of nitrogens with one attached hydrogen (secondary N) is 2. The number of allylic oxidation sites excluding steroid dienone is 1. The monoisotopic (exact) mass is 386 g/mol. The van der Waals surface area contributed by atoms with Crippen LogP contribution in [0.1, 0.15) is 44.2 Å². The standard InChI is InChI=1S/C21H27FN4O2/c1-14(2)11-19(20(27)24-9-8-23)25-21(28)26-10-4-5-16(13-26)17-12-15(3)6-7-18(17)22/h6-7,12-14,19H,4-5,9-11H2,1-3H3,(H,24,27)(H,25,28). The Morgan fingerprint density at radius 1 is 1.36 bits per heavy atom. The molecule has 0 aliphatic carbocycles. The Labute approximate surface area is 165 Å². The highest BCUT2D eigenvalue weighted by molar-refractivity contribution is 5.88. The van der Waals surface area contributed by atoms with Gasteiger partial charge in [0.05, 0.1) is 6.07 Å². The van der Waals surface area contributed by atoms with Gasteiger partial charge in [0.25, 0.3) is 0 Å². The molecular formula is C21H27FN4O2. The zero-order valence-electron chi connectivity index (χ0n) is 16.6. The van der Waals surface area contributed by atoms with Crippen LogP contribution < -0.4 is 10.6 Å². The first-order valence-electron chi connectivity index (χ1n) is 9.50. The van der Waals surface area contributed by atoms with Gasteiger partial charge in [-0.1, -0.05) is 25.5 Å². The molecule has 1 unspecified atom stereocenters. The molecule has 2 N–H and O–H groups in total. The summed E-state index contributed by atoms with van der Waals surface area (Å²) in [4.78, 5) is 26.5. The first kappa shape index (κ1) is 21.4. The Bertz CT molecular complexity index is 798. The molecule has 28 heavy (non-hydrogen) atoms. The van der Waals surface area contributed by atoms with E-state index in [1.807, 2.05) is 26.8 Å². The van der Waals surface area contributed by atoms with Crippen molar-refractivity contribution < 1.29 is 14.0 Å². The SMILES string of the molecule is Cc1ccc(F)c(C2=CN(C(=O)NC(CC(C)C)C(=O)NCC#N)CCC2)c1. The molecule has 150 valence electrons. The van der Waals surface area contributed by atoms with E-state index >= 15 is 0 Å². The van der Waals surface area contributed by atoms with Crippen LogP contribution in [0.3, 0.4) is 0 Å². The van der Waals surface area contributed by atoms with E-state index in [-0.39, 0.29) is 24.2 Å². The van der Waals surface area contributed by atoms with Gasteiger partial charge >= 0.3 is 6.03 Å². The van der Waals surface area contributed by atoms with Crippen molar-refractivity contribution in [3.05, 3.63) is 41.3 Å². The van der Waals surface area contributed by atoms with Crippen molar-refractivity contribution in [2.45, 2.75) is 46.1 Å². The lowest BCUT2D eigenvalue weighted by Crippen LogP contribution is -2.51. The van der Waals surface area contributed by atoms with E-state index in [4.69, 9.17) is 5.26 Å². The summed E-state index contributed by atoms with van der Waals surface area (Å²) in [6.45, 7) is 6.19. The van der Waals surface area contributed by atoms with Crippen LogP contribution in [0.4, 0.5) is 9.18 Å². The third-order valence-electron chi connectivity index (χ3n) is 4.55. The van der Waals surface area contributed by atoms with Gasteiger partial charge in [0.1, 0.15) is 18.4 Å². The predicted molar refractivity (Wildman–Crippen MR) is 105 cm³/mol. The van der Waals surface area contributed by atoms with Gasteiger partial charge in [0.15, 0.2) is 0 Å². The minimum absolute atomic E-state index is 0.107. The van der Waals surface area contributed by atoms with E-state index in [1.54, 1.807) is 18.3 Å². The molecule has 0 aromatic heterocycles. The molecule has 0 spiro atoms. The lowest BCUT2D eigenvalue weighted by Gasteiger charge is -2.28. The number of halogens is 1. The summed E-state index contributed by atoms with van der Waals surface area (Å²) in [5, 5.41) is 13.9. The lowest BCUT2D eigenvalue weighted by molar-refractivity contribution is -0.123. The number of hydrogen-bond donors (Lipinski definition) is 2. The Morgan fingerprint density at radius 3 is 2.79 bits per heavy atom. The van der Waals surface area contributed by atoms with Gasteiger partial charge in [-0.15, -0.1) is 0 Å². The zero-order valence-corrected chi connectivity index (χ0v) is 16.6. The number of rotatable bonds is 6. The molecule has 0 fully saturated rings. The van der Waals surface area contributed by atoms with E-state index < -0.39 is 12.1 Å². The number of carbonyl (C=O) groups is 2. The summed E-state index contributed by atoms with van der Waals surface area (Å²) in [6, 6.07) is 5.65. The largest absolute Gasteiger partial charge is 0.341 e. The molecule has 0 bridgehead atoms. The molecule has 1 heterocycles. The lowest BCUT2D eigenvalue weighted by atomic mass is 9.97. The minimum Gasteiger partial charge on any atom is -0.341 e. The van der Waals surface area contributed by atoms with Crippen LogP contribution in [0.25, 0.3) is 5.57 Å². The third-order valence-corrected chi connectivity index (χ3v) is 4.55. The third kappa shape index (κ3) is 5.81. The smallest absolute Gasteiger partial charge is 0.322 e. The normalized spacial score (nSPS) is 14.9. The quantitative estimate of drug-likeness (QED) is 0.736. The van der Waals surface area contributed by atoms with Crippen LogP contribution in [-0.2, 0) is 4.79 Å². The molecule has 7 heteroatoms. The van der Waals surface area contributed by atoms with Gasteiger partial charge in [-0.2, -0.15) is 5.26 Å². The fourth-order valence-electron chi connectivity index (χ4n) is 3.19. The van der Waals surface area contributed by atoms with E-state index in [0.717, 1.165) is 11.1 Å². The van der Waals surface area contributed by atoms with E-state index in [2.05, 4.69) is 10.6 Å². The van der Waals surface area contributed by atoms with Crippen molar-refractivity contribution in [3.63, 3.8) is 0 Å². The summed E-state index contributed by atoms with van der Waals surface area (Å²) < 4.78 is 14.2. The zero-order chi connectivity index (χ0) is 20.7. The number of hydrogen-bond acceptors (Lipinski definition) is 3. The molecule has 1 aliphatic heterocycles. The summed E-state index contributed by atoms with van der Waals surface area (Å²) in [5.41, 5.74) is 2.21. The molecule has 0 saturated carbocycles. The topological polar surface area (TPSA) is 85.2 Å². The van der Waals surface area contributed by atoms with Gasteiger partial charge in [0.2, 0.25) is 5.91 Å². The van der Waals surface area contributed by atoms with Crippen LogP contribution in [0.5, 0.6) is 0 Å².